The number of nitrogens with one attached hydrogen (secondary N) is 1. The van der Waals surface area contributed by atoms with Gasteiger partial charge in [-0.05, 0) is 37.0 Å². The van der Waals surface area contributed by atoms with Gasteiger partial charge in [0.15, 0.2) is 0 Å². The molecule has 0 spiro atoms. The minimum Gasteiger partial charge on any atom is -0.355 e. The van der Waals surface area contributed by atoms with Crippen molar-refractivity contribution in [3.63, 3.8) is 0 Å². The molecule has 2 heteroatoms. The quantitative estimate of drug-likeness (QED) is 0.687. The van der Waals surface area contributed by atoms with Crippen LogP contribution in [-0.4, -0.2) is 12.5 Å². The summed E-state index contributed by atoms with van der Waals surface area (Å²) in [6.45, 7) is 0.971. The summed E-state index contributed by atoms with van der Waals surface area (Å²) in [5.41, 5.74) is 0.528. The number of amides is 1. The number of fused-ring (bicyclic) bond motifs is 2. The third kappa shape index (κ3) is 1.27. The molecule has 3 aliphatic rings. The Morgan fingerprint density at radius 2 is 2.23 bits per heavy atom. The highest BCUT2D eigenvalue weighted by molar-refractivity contribution is 5.80. The van der Waals surface area contributed by atoms with Crippen LogP contribution in [0.5, 0.6) is 0 Å². The van der Waals surface area contributed by atoms with Gasteiger partial charge in [-0.15, -0.1) is 0 Å². The first kappa shape index (κ1) is 7.84. The largest absolute Gasteiger partial charge is 0.355 e. The average molecular weight is 179 g/mol. The molecule has 2 unspecified atom stereocenters. The predicted molar refractivity (Wildman–Crippen MR) is 50.1 cm³/mol. The van der Waals surface area contributed by atoms with Crippen LogP contribution >= 0.6 is 0 Å². The lowest BCUT2D eigenvalue weighted by Gasteiger charge is -2.33. The van der Waals surface area contributed by atoms with Gasteiger partial charge in [0.05, 0.1) is 0 Å². The van der Waals surface area contributed by atoms with Crippen molar-refractivity contribution in [2.45, 2.75) is 38.5 Å². The van der Waals surface area contributed by atoms with Gasteiger partial charge >= 0.3 is 0 Å². The minimum absolute atomic E-state index is 0.323. The van der Waals surface area contributed by atoms with Crippen LogP contribution < -0.4 is 5.32 Å². The third-order valence-corrected chi connectivity index (χ3v) is 4.13. The third-order valence-electron chi connectivity index (χ3n) is 4.13. The number of carbonyl (C=O) groups is 1. The van der Waals surface area contributed by atoms with Crippen molar-refractivity contribution in [3.05, 3.63) is 0 Å². The van der Waals surface area contributed by atoms with Crippen LogP contribution in [0.15, 0.2) is 0 Å². The number of hydrogen-bond donors (Lipinski definition) is 1. The highest BCUT2D eigenvalue weighted by Crippen LogP contribution is 2.52. The molecule has 2 bridgehead atoms. The van der Waals surface area contributed by atoms with Crippen LogP contribution in [0.4, 0.5) is 0 Å². The van der Waals surface area contributed by atoms with Crippen LogP contribution in [0.25, 0.3) is 0 Å². The van der Waals surface area contributed by atoms with Crippen LogP contribution in [0.3, 0.4) is 0 Å². The zero-order valence-electron chi connectivity index (χ0n) is 8.01. The van der Waals surface area contributed by atoms with Crippen molar-refractivity contribution in [1.29, 1.82) is 0 Å². The lowest BCUT2D eigenvalue weighted by Crippen LogP contribution is -2.43. The average Bonchev–Trinajstić information content (AvgIpc) is 2.83. The second kappa shape index (κ2) is 2.49. The molecule has 2 saturated carbocycles. The number of piperidine rings is 1. The molecular formula is C11H17NO. The topological polar surface area (TPSA) is 29.1 Å². The van der Waals surface area contributed by atoms with E-state index in [1.807, 2.05) is 0 Å². The summed E-state index contributed by atoms with van der Waals surface area (Å²) >= 11 is 0. The Morgan fingerprint density at radius 3 is 3.00 bits per heavy atom. The van der Waals surface area contributed by atoms with Gasteiger partial charge < -0.3 is 5.32 Å². The summed E-state index contributed by atoms with van der Waals surface area (Å²) in [4.78, 5) is 11.4. The van der Waals surface area contributed by atoms with Crippen LogP contribution in [-0.2, 0) is 4.79 Å². The molecule has 1 amide bonds. The highest BCUT2D eigenvalue weighted by atomic mass is 16.2. The van der Waals surface area contributed by atoms with Gasteiger partial charge in [0.2, 0.25) is 5.91 Å². The number of rotatable bonds is 2. The second-order valence-electron chi connectivity index (χ2n) is 5.31. The first-order valence-electron chi connectivity index (χ1n) is 5.55. The van der Waals surface area contributed by atoms with E-state index in [2.05, 4.69) is 5.32 Å². The van der Waals surface area contributed by atoms with Gasteiger partial charge in [-0.1, -0.05) is 12.8 Å². The fourth-order valence-corrected chi connectivity index (χ4v) is 3.20. The molecule has 0 aromatic heterocycles. The monoisotopic (exact) mass is 179 g/mol. The van der Waals surface area contributed by atoms with E-state index in [4.69, 9.17) is 0 Å². The van der Waals surface area contributed by atoms with E-state index in [-0.39, 0.29) is 0 Å². The predicted octanol–water partition coefficient (Wildman–Crippen LogP) is 1.70. The summed E-state index contributed by atoms with van der Waals surface area (Å²) < 4.78 is 0. The Labute approximate surface area is 79.1 Å². The van der Waals surface area contributed by atoms with E-state index < -0.39 is 0 Å². The fraction of sp³-hybridized carbons (Fsp3) is 0.909. The molecule has 1 saturated heterocycles. The van der Waals surface area contributed by atoms with Gasteiger partial charge in [-0.3, -0.25) is 4.79 Å². The first-order valence-corrected chi connectivity index (χ1v) is 5.55. The van der Waals surface area contributed by atoms with Crippen LogP contribution in [0.1, 0.15) is 38.5 Å². The molecule has 0 radical (unpaired) electrons. The standard InChI is InChI=1S/C11H17NO/c13-10-9-3-4-11(6-9,7-12-10)5-8-1-2-8/h8-9H,1-7H2,(H,12,13). The van der Waals surface area contributed by atoms with Crippen LogP contribution in [0.2, 0.25) is 0 Å². The fourth-order valence-electron chi connectivity index (χ4n) is 3.20. The van der Waals surface area contributed by atoms with Gasteiger partial charge in [0.1, 0.15) is 0 Å². The van der Waals surface area contributed by atoms with E-state index in [9.17, 15) is 4.79 Å². The Kier molecular flexibility index (Phi) is 1.50. The van der Waals surface area contributed by atoms with E-state index in [0.717, 1.165) is 18.9 Å². The number of carbonyl (C=O) groups excluding carboxylic acids is 1. The van der Waals surface area contributed by atoms with E-state index in [1.54, 1.807) is 0 Å². The lowest BCUT2D eigenvalue weighted by molar-refractivity contribution is -0.127. The first-order chi connectivity index (χ1) is 6.27. The molecule has 2 aliphatic carbocycles. The molecule has 3 rings (SSSR count). The summed E-state index contributed by atoms with van der Waals surface area (Å²) in [5, 5.41) is 3.08. The van der Waals surface area contributed by atoms with Gasteiger partial charge in [-0.2, -0.15) is 0 Å². The Balaban J connectivity index is 1.74. The Morgan fingerprint density at radius 1 is 1.38 bits per heavy atom. The maximum atomic E-state index is 11.4. The summed E-state index contributed by atoms with van der Waals surface area (Å²) in [6.07, 6.45) is 7.92. The molecule has 0 aromatic carbocycles. The van der Waals surface area contributed by atoms with Crippen molar-refractivity contribution in [3.8, 4) is 0 Å². The molecule has 1 heterocycles. The van der Waals surface area contributed by atoms with E-state index in [1.165, 1.54) is 32.1 Å². The van der Waals surface area contributed by atoms with Crippen molar-refractivity contribution in [2.75, 3.05) is 6.54 Å². The van der Waals surface area contributed by atoms with Crippen molar-refractivity contribution in [1.82, 2.24) is 5.32 Å². The maximum absolute atomic E-state index is 11.4. The Hall–Kier alpha value is -0.530. The smallest absolute Gasteiger partial charge is 0.223 e. The van der Waals surface area contributed by atoms with Gasteiger partial charge in [0, 0.05) is 12.5 Å². The zero-order valence-corrected chi connectivity index (χ0v) is 8.01. The molecule has 2 atom stereocenters. The maximum Gasteiger partial charge on any atom is 0.223 e. The summed E-state index contributed by atoms with van der Waals surface area (Å²) in [6, 6.07) is 0. The molecule has 1 aliphatic heterocycles. The normalized spacial score (nSPS) is 43.4. The molecule has 72 valence electrons. The molecule has 1 N–H and O–H groups in total. The zero-order chi connectivity index (χ0) is 8.89. The second-order valence-corrected chi connectivity index (χ2v) is 5.31. The van der Waals surface area contributed by atoms with E-state index in [0.29, 0.717) is 17.2 Å². The summed E-state index contributed by atoms with van der Waals surface area (Å²) in [7, 11) is 0. The minimum atomic E-state index is 0.323. The molecule has 0 aromatic rings. The molecular weight excluding hydrogens is 162 g/mol. The van der Waals surface area contributed by atoms with Crippen LogP contribution in [0, 0.1) is 17.3 Å². The van der Waals surface area contributed by atoms with E-state index >= 15 is 0 Å². The highest BCUT2D eigenvalue weighted by Gasteiger charge is 2.47. The Bertz CT molecular complexity index is 246. The van der Waals surface area contributed by atoms with Crippen molar-refractivity contribution in [2.24, 2.45) is 17.3 Å². The van der Waals surface area contributed by atoms with Crippen molar-refractivity contribution < 1.29 is 4.79 Å². The number of hydrogen-bond acceptors (Lipinski definition) is 1. The lowest BCUT2D eigenvalue weighted by atomic mass is 9.78. The van der Waals surface area contributed by atoms with Crippen molar-refractivity contribution >= 4 is 5.91 Å². The van der Waals surface area contributed by atoms with Gasteiger partial charge in [-0.25, -0.2) is 0 Å². The van der Waals surface area contributed by atoms with Gasteiger partial charge in [0.25, 0.3) is 0 Å². The molecule has 3 fully saturated rings. The SMILES string of the molecule is O=C1NCC2(CC3CC3)CCC1C2. The molecule has 13 heavy (non-hydrogen) atoms. The molecule has 2 nitrogen and oxygen atoms in total. The summed E-state index contributed by atoms with van der Waals surface area (Å²) in [5.74, 6) is 1.70.